The molecule has 52 heavy (non-hydrogen) atoms. The predicted molar refractivity (Wildman–Crippen MR) is 221 cm³/mol. The van der Waals surface area contributed by atoms with Crippen LogP contribution in [0.15, 0.2) is 164 Å². The normalized spacial score (nSPS) is 13.3. The molecule has 2 aromatic heterocycles. The summed E-state index contributed by atoms with van der Waals surface area (Å²) in [6, 6.07) is 59.1. The quantitative estimate of drug-likeness (QED) is 0.179. The van der Waals surface area contributed by atoms with E-state index < -0.39 is 0 Å². The zero-order chi connectivity index (χ0) is 34.8. The van der Waals surface area contributed by atoms with Gasteiger partial charge in [-0.05, 0) is 106 Å². The number of para-hydroxylation sites is 3. The summed E-state index contributed by atoms with van der Waals surface area (Å²) in [6.07, 6.45) is 0. The van der Waals surface area contributed by atoms with Gasteiger partial charge in [-0.2, -0.15) is 0 Å². The maximum atomic E-state index is 4.95. The number of aromatic nitrogens is 2. The standard InChI is InChI=1S/C47H33N3S2/c1-47(2)37-28-32(30-12-10-14-34(26-30)45-48-39-18-6-8-20-43(39)51-45)22-24-41(37)50(36-16-4-3-5-17-36)42-25-23-33(29-38(42)47)31-13-11-15-35(27-31)46-49-40-19-7-9-21-44(40)52-46/h3-29H,1-2H3. The zero-order valence-electron chi connectivity index (χ0n) is 28.7. The summed E-state index contributed by atoms with van der Waals surface area (Å²) in [4.78, 5) is 12.3. The lowest BCUT2D eigenvalue weighted by Crippen LogP contribution is -2.30. The van der Waals surface area contributed by atoms with Gasteiger partial charge in [-0.25, -0.2) is 9.97 Å². The Hall–Kier alpha value is -5.88. The molecule has 248 valence electrons. The second-order valence-corrected chi connectivity index (χ2v) is 16.0. The van der Waals surface area contributed by atoms with Gasteiger partial charge in [0.25, 0.3) is 0 Å². The maximum Gasteiger partial charge on any atom is 0.124 e. The summed E-state index contributed by atoms with van der Waals surface area (Å²) in [5.41, 5.74) is 15.1. The highest BCUT2D eigenvalue weighted by atomic mass is 32.1. The van der Waals surface area contributed by atoms with Crippen LogP contribution in [0, 0.1) is 0 Å². The van der Waals surface area contributed by atoms with E-state index in [0.717, 1.165) is 37.9 Å². The minimum Gasteiger partial charge on any atom is -0.310 e. The number of benzene rings is 7. The lowest BCUT2D eigenvalue weighted by atomic mass is 9.72. The van der Waals surface area contributed by atoms with Gasteiger partial charge in [0.15, 0.2) is 0 Å². The first kappa shape index (κ1) is 30.9. The number of hydrogen-bond acceptors (Lipinski definition) is 5. The number of hydrogen-bond donors (Lipinski definition) is 0. The molecule has 0 radical (unpaired) electrons. The van der Waals surface area contributed by atoms with Crippen LogP contribution in [0.2, 0.25) is 0 Å². The average Bonchev–Trinajstić information content (AvgIpc) is 3.84. The molecule has 3 nitrogen and oxygen atoms in total. The van der Waals surface area contributed by atoms with Crippen LogP contribution < -0.4 is 4.90 Å². The van der Waals surface area contributed by atoms with Gasteiger partial charge < -0.3 is 4.90 Å². The monoisotopic (exact) mass is 703 g/mol. The van der Waals surface area contributed by atoms with Gasteiger partial charge in [-0.1, -0.05) is 105 Å². The van der Waals surface area contributed by atoms with Crippen molar-refractivity contribution in [3.8, 4) is 43.4 Å². The molecular formula is C47H33N3S2. The fourth-order valence-electron chi connectivity index (χ4n) is 7.61. The van der Waals surface area contributed by atoms with Crippen LogP contribution in [0.25, 0.3) is 63.8 Å². The Morgan fingerprint density at radius 1 is 0.423 bits per heavy atom. The van der Waals surface area contributed by atoms with Crippen molar-refractivity contribution in [3.05, 3.63) is 175 Å². The van der Waals surface area contributed by atoms with Gasteiger partial charge in [0.05, 0.1) is 31.8 Å². The Balaban J connectivity index is 1.08. The molecule has 0 N–H and O–H groups in total. The number of rotatable bonds is 5. The molecule has 5 heteroatoms. The molecule has 0 bridgehead atoms. The third-order valence-corrected chi connectivity index (χ3v) is 12.5. The van der Waals surface area contributed by atoms with Crippen molar-refractivity contribution < 1.29 is 0 Å². The van der Waals surface area contributed by atoms with Crippen molar-refractivity contribution in [1.29, 1.82) is 0 Å². The highest BCUT2D eigenvalue weighted by molar-refractivity contribution is 7.22. The van der Waals surface area contributed by atoms with Gasteiger partial charge in [-0.15, -0.1) is 22.7 Å². The predicted octanol–water partition coefficient (Wildman–Crippen LogP) is 13.7. The summed E-state index contributed by atoms with van der Waals surface area (Å²) in [6.45, 7) is 4.74. The Bertz CT molecular complexity index is 2560. The Morgan fingerprint density at radius 3 is 1.37 bits per heavy atom. The molecule has 0 aliphatic carbocycles. The van der Waals surface area contributed by atoms with E-state index in [2.05, 4.69) is 183 Å². The third kappa shape index (κ3) is 5.16. The Labute approximate surface area is 311 Å². The van der Waals surface area contributed by atoms with Crippen molar-refractivity contribution in [2.45, 2.75) is 19.3 Å². The summed E-state index contributed by atoms with van der Waals surface area (Å²) in [5.74, 6) is 0. The largest absolute Gasteiger partial charge is 0.310 e. The number of fused-ring (bicyclic) bond motifs is 4. The average molecular weight is 704 g/mol. The molecule has 1 aliphatic heterocycles. The van der Waals surface area contributed by atoms with E-state index in [4.69, 9.17) is 9.97 Å². The second-order valence-electron chi connectivity index (χ2n) is 13.9. The van der Waals surface area contributed by atoms with Crippen LogP contribution >= 0.6 is 22.7 Å². The minimum atomic E-state index is -0.267. The Kier molecular flexibility index (Phi) is 7.20. The van der Waals surface area contributed by atoms with Gasteiger partial charge in [0, 0.05) is 22.2 Å². The molecule has 0 fully saturated rings. The summed E-state index contributed by atoms with van der Waals surface area (Å²) < 4.78 is 2.42. The second kappa shape index (κ2) is 12.1. The molecule has 0 amide bonds. The molecule has 0 atom stereocenters. The molecule has 0 saturated heterocycles. The van der Waals surface area contributed by atoms with E-state index in [0.29, 0.717) is 0 Å². The minimum absolute atomic E-state index is 0.267. The molecular weight excluding hydrogens is 671 g/mol. The number of nitrogens with zero attached hydrogens (tertiary/aromatic N) is 3. The highest BCUT2D eigenvalue weighted by Gasteiger charge is 2.37. The van der Waals surface area contributed by atoms with Gasteiger partial charge in [0.2, 0.25) is 0 Å². The fraction of sp³-hybridized carbons (Fsp3) is 0.0638. The fourth-order valence-corrected chi connectivity index (χ4v) is 9.53. The summed E-state index contributed by atoms with van der Waals surface area (Å²) >= 11 is 3.49. The smallest absolute Gasteiger partial charge is 0.124 e. The molecule has 0 unspecified atom stereocenters. The van der Waals surface area contributed by atoms with Gasteiger partial charge >= 0.3 is 0 Å². The maximum absolute atomic E-state index is 4.95. The SMILES string of the molecule is CC1(C)c2cc(-c3cccc(-c4nc5ccccc5s4)c3)ccc2N(c2ccccc2)c2ccc(-c3cccc(-c4nc5ccccc5s4)c3)cc21. The van der Waals surface area contributed by atoms with Gasteiger partial charge in [-0.3, -0.25) is 0 Å². The van der Waals surface area contributed by atoms with Crippen molar-refractivity contribution in [3.63, 3.8) is 0 Å². The molecule has 10 rings (SSSR count). The van der Waals surface area contributed by atoms with Crippen LogP contribution in [0.1, 0.15) is 25.0 Å². The first-order valence-electron chi connectivity index (χ1n) is 17.6. The molecule has 0 spiro atoms. The van der Waals surface area contributed by atoms with Crippen molar-refractivity contribution in [1.82, 2.24) is 9.97 Å². The molecule has 9 aromatic rings. The van der Waals surface area contributed by atoms with Crippen LogP contribution in [-0.4, -0.2) is 9.97 Å². The van der Waals surface area contributed by atoms with Crippen molar-refractivity contribution in [2.75, 3.05) is 4.90 Å². The van der Waals surface area contributed by atoms with Crippen molar-refractivity contribution >= 4 is 60.2 Å². The topological polar surface area (TPSA) is 29.0 Å². The number of thiazole rings is 2. The van der Waals surface area contributed by atoms with E-state index in [1.165, 1.54) is 54.2 Å². The summed E-state index contributed by atoms with van der Waals surface area (Å²) in [5, 5.41) is 2.09. The van der Waals surface area contributed by atoms with Crippen LogP contribution in [0.4, 0.5) is 17.1 Å². The first-order valence-corrected chi connectivity index (χ1v) is 19.2. The molecule has 1 aliphatic rings. The molecule has 7 aromatic carbocycles. The lowest BCUT2D eigenvalue weighted by Gasteiger charge is -2.42. The van der Waals surface area contributed by atoms with Crippen LogP contribution in [0.5, 0.6) is 0 Å². The van der Waals surface area contributed by atoms with Gasteiger partial charge in [0.1, 0.15) is 10.0 Å². The van der Waals surface area contributed by atoms with E-state index in [9.17, 15) is 0 Å². The summed E-state index contributed by atoms with van der Waals surface area (Å²) in [7, 11) is 0. The van der Waals surface area contributed by atoms with E-state index in [1.807, 2.05) is 0 Å². The van der Waals surface area contributed by atoms with Crippen LogP contribution in [-0.2, 0) is 5.41 Å². The van der Waals surface area contributed by atoms with E-state index >= 15 is 0 Å². The van der Waals surface area contributed by atoms with Crippen molar-refractivity contribution in [2.24, 2.45) is 0 Å². The molecule has 0 saturated carbocycles. The molecule has 3 heterocycles. The van der Waals surface area contributed by atoms with E-state index in [1.54, 1.807) is 22.7 Å². The van der Waals surface area contributed by atoms with Crippen LogP contribution in [0.3, 0.4) is 0 Å². The highest BCUT2D eigenvalue weighted by Crippen LogP contribution is 2.53. The third-order valence-electron chi connectivity index (χ3n) is 10.3. The van der Waals surface area contributed by atoms with E-state index in [-0.39, 0.29) is 5.41 Å². The zero-order valence-corrected chi connectivity index (χ0v) is 30.4. The first-order chi connectivity index (χ1) is 25.5. The Morgan fingerprint density at radius 2 is 0.865 bits per heavy atom. The number of anilines is 3. The lowest BCUT2D eigenvalue weighted by molar-refractivity contribution is 0.632.